The number of carboxylic acid groups (broad SMARTS) is 1. The highest BCUT2D eigenvalue weighted by molar-refractivity contribution is 8.00. The van der Waals surface area contributed by atoms with Crippen molar-refractivity contribution in [3.8, 4) is 0 Å². The van der Waals surface area contributed by atoms with Gasteiger partial charge in [-0.25, -0.2) is 14.8 Å². The predicted octanol–water partition coefficient (Wildman–Crippen LogP) is 1.29. The molecule has 1 fully saturated rings. The lowest BCUT2D eigenvalue weighted by atomic mass is 10.0. The fourth-order valence-corrected chi connectivity index (χ4v) is 5.88. The summed E-state index contributed by atoms with van der Waals surface area (Å²) in [5.41, 5.74) is 8.68. The van der Waals surface area contributed by atoms with E-state index in [4.69, 9.17) is 10.6 Å². The number of hydrogen-bond acceptors (Lipinski definition) is 11. The Morgan fingerprint density at radius 1 is 1.39 bits per heavy atom. The number of nitrogens with one attached hydrogen (secondary N) is 1. The number of amides is 2. The molecule has 4 N–H and O–H groups in total. The Morgan fingerprint density at radius 2 is 2.18 bits per heavy atom. The van der Waals surface area contributed by atoms with Gasteiger partial charge in [0.15, 0.2) is 10.8 Å². The Balaban J connectivity index is 1.54. The normalized spacial score (nSPS) is 20.6. The second-order valence-electron chi connectivity index (χ2n) is 6.87. The van der Waals surface area contributed by atoms with E-state index in [-0.39, 0.29) is 22.2 Å². The van der Waals surface area contributed by atoms with Gasteiger partial charge in [-0.1, -0.05) is 11.2 Å². The summed E-state index contributed by atoms with van der Waals surface area (Å²) in [5.74, 6) is -2.04. The molecule has 0 saturated carbocycles. The molecule has 2 aromatic heterocycles. The summed E-state index contributed by atoms with van der Waals surface area (Å²) in [6, 6.07) is -0.913. The van der Waals surface area contributed by atoms with E-state index in [0.717, 1.165) is 21.9 Å². The van der Waals surface area contributed by atoms with E-state index in [2.05, 4.69) is 20.4 Å². The maximum Gasteiger partial charge on any atom is 0.352 e. The summed E-state index contributed by atoms with van der Waals surface area (Å²) in [6.07, 6.45) is 3.49. The van der Waals surface area contributed by atoms with Crippen LogP contribution in [-0.4, -0.2) is 67.7 Å². The molecule has 2 aliphatic heterocycles. The van der Waals surface area contributed by atoms with Crippen molar-refractivity contribution < 1.29 is 24.3 Å². The fourth-order valence-electron chi connectivity index (χ4n) is 3.32. The van der Waals surface area contributed by atoms with Crippen LogP contribution in [0.15, 0.2) is 33.4 Å². The number of aryl methyl sites for hydroxylation is 1. The van der Waals surface area contributed by atoms with Crippen molar-refractivity contribution in [2.24, 2.45) is 5.16 Å². The number of β-lactam (4-membered cyclic amide) rings is 1. The van der Waals surface area contributed by atoms with E-state index in [1.165, 1.54) is 35.1 Å². The Hall–Kier alpha value is -3.23. The largest absolute Gasteiger partial charge is 0.477 e. The quantitative estimate of drug-likeness (QED) is 0.286. The van der Waals surface area contributed by atoms with Gasteiger partial charge < -0.3 is 21.0 Å². The van der Waals surface area contributed by atoms with Crippen LogP contribution in [0.1, 0.15) is 16.3 Å². The van der Waals surface area contributed by atoms with Crippen LogP contribution in [0.5, 0.6) is 0 Å². The third-order valence-electron chi connectivity index (χ3n) is 4.87. The zero-order valence-electron chi connectivity index (χ0n) is 17.3. The molecule has 4 rings (SSSR count). The van der Waals surface area contributed by atoms with Crippen molar-refractivity contribution in [2.45, 2.75) is 18.3 Å². The number of fused-ring (bicyclic) bond motifs is 1. The van der Waals surface area contributed by atoms with E-state index in [1.807, 2.05) is 6.92 Å². The molecule has 11 nitrogen and oxygen atoms in total. The van der Waals surface area contributed by atoms with Crippen LogP contribution in [0.2, 0.25) is 0 Å². The van der Waals surface area contributed by atoms with E-state index >= 15 is 0 Å². The van der Waals surface area contributed by atoms with Gasteiger partial charge in [-0.3, -0.25) is 14.5 Å². The molecule has 33 heavy (non-hydrogen) atoms. The molecule has 172 valence electrons. The smallest absolute Gasteiger partial charge is 0.352 e. The lowest BCUT2D eigenvalue weighted by Gasteiger charge is -2.49. The number of carbonyl (C=O) groups excluding carboxylic acids is 2. The molecule has 0 bridgehead atoms. The zero-order chi connectivity index (χ0) is 23.7. The number of thioether (sulfide) groups is 1. The molecule has 2 aromatic rings. The summed E-state index contributed by atoms with van der Waals surface area (Å²) >= 11 is 3.94. The molecule has 2 atom stereocenters. The second kappa shape index (κ2) is 9.33. The van der Waals surface area contributed by atoms with Gasteiger partial charge in [0, 0.05) is 16.0 Å². The Bertz CT molecular complexity index is 1220. The highest BCUT2D eigenvalue weighted by Crippen LogP contribution is 2.41. The Kier molecular flexibility index (Phi) is 6.49. The van der Waals surface area contributed by atoms with E-state index < -0.39 is 29.2 Å². The van der Waals surface area contributed by atoms with Crippen LogP contribution in [-0.2, 0) is 19.2 Å². The maximum atomic E-state index is 12.9. The lowest BCUT2D eigenvalue weighted by molar-refractivity contribution is -0.150. The first-order valence-electron chi connectivity index (χ1n) is 9.44. The topological polar surface area (TPSA) is 160 Å². The van der Waals surface area contributed by atoms with Crippen LogP contribution in [0.4, 0.5) is 5.13 Å². The van der Waals surface area contributed by atoms with Crippen molar-refractivity contribution >= 4 is 69.1 Å². The van der Waals surface area contributed by atoms with Crippen LogP contribution >= 0.6 is 34.4 Å². The maximum absolute atomic E-state index is 12.9. The lowest BCUT2D eigenvalue weighted by Crippen LogP contribution is -2.71. The number of hydrogen-bond donors (Lipinski definition) is 3. The number of nitrogen functional groups attached to an aromatic ring is 1. The SMILES string of the molecule is CON=C(C(=O)NC1C(=O)N2C(C(=O)O)=C(C=Cc3scnc3C)CSC12)c1csc(N)n1. The Morgan fingerprint density at radius 3 is 2.79 bits per heavy atom. The van der Waals surface area contributed by atoms with Gasteiger partial charge in [0.2, 0.25) is 0 Å². The monoisotopic (exact) mass is 506 g/mol. The summed E-state index contributed by atoms with van der Waals surface area (Å²) in [6.45, 7) is 1.86. The third kappa shape index (κ3) is 4.36. The van der Waals surface area contributed by atoms with E-state index in [0.29, 0.717) is 11.3 Å². The molecule has 0 aromatic carbocycles. The molecular weight excluding hydrogens is 488 g/mol. The van der Waals surface area contributed by atoms with Crippen LogP contribution < -0.4 is 11.1 Å². The Labute approximate surface area is 200 Å². The van der Waals surface area contributed by atoms with Crippen molar-refractivity contribution in [3.63, 3.8) is 0 Å². The van der Waals surface area contributed by atoms with Crippen LogP contribution in [0, 0.1) is 6.92 Å². The highest BCUT2D eigenvalue weighted by Gasteiger charge is 2.54. The van der Waals surface area contributed by atoms with Crippen molar-refractivity contribution in [2.75, 3.05) is 18.6 Å². The van der Waals surface area contributed by atoms with Crippen molar-refractivity contribution in [3.05, 3.63) is 44.5 Å². The number of nitrogens with zero attached hydrogens (tertiary/aromatic N) is 4. The minimum Gasteiger partial charge on any atom is -0.477 e. The second-order valence-corrected chi connectivity index (χ2v) is 9.75. The van der Waals surface area contributed by atoms with Gasteiger partial charge >= 0.3 is 5.97 Å². The number of thiazole rings is 2. The number of aromatic nitrogens is 2. The first kappa shape index (κ1) is 22.9. The molecule has 2 amide bonds. The molecule has 0 aliphatic carbocycles. The number of rotatable bonds is 7. The number of nitrogens with two attached hydrogens (primary N) is 1. The van der Waals surface area contributed by atoms with E-state index in [1.54, 1.807) is 23.0 Å². The first-order valence-corrected chi connectivity index (χ1v) is 12.2. The summed E-state index contributed by atoms with van der Waals surface area (Å²) < 4.78 is 0. The summed E-state index contributed by atoms with van der Waals surface area (Å²) in [4.78, 5) is 52.7. The molecular formula is C19H18N6O5S3. The minimum atomic E-state index is -1.21. The number of aliphatic carboxylic acids is 1. The number of oxime groups is 1. The third-order valence-corrected chi connectivity index (χ3v) is 7.74. The average Bonchev–Trinajstić information content (AvgIpc) is 3.40. The fraction of sp³-hybridized carbons (Fsp3) is 0.263. The standard InChI is InChI=1S/C19H18N6O5S3/c1-8-11(33-7-21-8)4-3-9-5-31-17-13(16(27)25(17)14(9)18(28)29)23-15(26)12(24-30-2)10-6-32-19(20)22-10/h3-4,6-7,13,17H,5H2,1-2H3,(H2,20,22)(H,23,26)(H,28,29). The molecule has 0 spiro atoms. The zero-order valence-corrected chi connectivity index (χ0v) is 19.8. The molecule has 14 heteroatoms. The molecule has 4 heterocycles. The van der Waals surface area contributed by atoms with Crippen molar-refractivity contribution in [1.29, 1.82) is 0 Å². The van der Waals surface area contributed by atoms with Crippen LogP contribution in [0.3, 0.4) is 0 Å². The molecule has 2 unspecified atom stereocenters. The van der Waals surface area contributed by atoms with Gasteiger partial charge in [-0.05, 0) is 18.6 Å². The van der Waals surface area contributed by atoms with Gasteiger partial charge in [-0.15, -0.1) is 34.4 Å². The van der Waals surface area contributed by atoms with E-state index in [9.17, 15) is 19.5 Å². The highest BCUT2D eigenvalue weighted by atomic mass is 32.2. The van der Waals surface area contributed by atoms with Crippen molar-refractivity contribution in [1.82, 2.24) is 20.2 Å². The summed E-state index contributed by atoms with van der Waals surface area (Å²) in [7, 11) is 1.28. The number of anilines is 1. The first-order chi connectivity index (χ1) is 15.8. The molecule has 0 radical (unpaired) electrons. The number of carboxylic acids is 1. The number of carbonyl (C=O) groups is 3. The van der Waals surface area contributed by atoms with Crippen LogP contribution in [0.25, 0.3) is 6.08 Å². The molecule has 1 saturated heterocycles. The molecule has 2 aliphatic rings. The average molecular weight is 507 g/mol. The van der Waals surface area contributed by atoms with Gasteiger partial charge in [-0.2, -0.15) is 0 Å². The minimum absolute atomic E-state index is 0.0919. The number of allylic oxidation sites excluding steroid dienone is 1. The summed E-state index contributed by atoms with van der Waals surface area (Å²) in [5, 5.41) is 17.4. The predicted molar refractivity (Wildman–Crippen MR) is 126 cm³/mol. The van der Waals surface area contributed by atoms with Gasteiger partial charge in [0.1, 0.15) is 29.9 Å². The van der Waals surface area contributed by atoms with Gasteiger partial charge in [0.25, 0.3) is 11.8 Å². The van der Waals surface area contributed by atoms with Gasteiger partial charge in [0.05, 0.1) is 11.2 Å².